The van der Waals surface area contributed by atoms with E-state index in [0.717, 1.165) is 45.2 Å². The maximum Gasteiger partial charge on any atom is 0.222 e. The van der Waals surface area contributed by atoms with Crippen LogP contribution in [0.3, 0.4) is 0 Å². The number of carbonyl (C=O) groups excluding carboxylic acids is 1. The summed E-state index contributed by atoms with van der Waals surface area (Å²) in [5.74, 6) is 1.16. The monoisotopic (exact) mass is 335 g/mol. The van der Waals surface area contributed by atoms with Gasteiger partial charge in [0.25, 0.3) is 0 Å². The standard InChI is InChI=1S/C16H27Cl2NO2/c1-2-3-16(21)19-6-4-11(5-7-19)8-12-9-13(17)14(18)10-15(12)20/h11-15,20H,2-10H2,1H3. The molecular weight excluding hydrogens is 309 g/mol. The van der Waals surface area contributed by atoms with Crippen molar-refractivity contribution in [2.75, 3.05) is 13.1 Å². The van der Waals surface area contributed by atoms with Gasteiger partial charge >= 0.3 is 0 Å². The van der Waals surface area contributed by atoms with Gasteiger partial charge in [-0.2, -0.15) is 0 Å². The Morgan fingerprint density at radius 2 is 1.81 bits per heavy atom. The summed E-state index contributed by atoms with van der Waals surface area (Å²) in [6.07, 6.45) is 5.80. The van der Waals surface area contributed by atoms with Crippen molar-refractivity contribution in [2.24, 2.45) is 11.8 Å². The van der Waals surface area contributed by atoms with Crippen molar-refractivity contribution < 1.29 is 9.90 Å². The quantitative estimate of drug-likeness (QED) is 0.800. The zero-order valence-electron chi connectivity index (χ0n) is 12.8. The molecule has 21 heavy (non-hydrogen) atoms. The van der Waals surface area contributed by atoms with Crippen LogP contribution in [-0.4, -0.2) is 45.9 Å². The van der Waals surface area contributed by atoms with Gasteiger partial charge in [-0.1, -0.05) is 6.92 Å². The third kappa shape index (κ3) is 4.74. The largest absolute Gasteiger partial charge is 0.393 e. The Morgan fingerprint density at radius 3 is 2.43 bits per heavy atom. The Kier molecular flexibility index (Phi) is 6.64. The van der Waals surface area contributed by atoms with E-state index < -0.39 is 0 Å². The molecule has 0 aromatic rings. The Labute approximate surface area is 138 Å². The summed E-state index contributed by atoms with van der Waals surface area (Å²) in [6, 6.07) is 0. The number of aliphatic hydroxyl groups is 1. The van der Waals surface area contributed by atoms with E-state index in [1.807, 2.05) is 11.8 Å². The molecule has 1 saturated heterocycles. The van der Waals surface area contributed by atoms with Crippen molar-refractivity contribution in [1.82, 2.24) is 4.90 Å². The maximum atomic E-state index is 11.9. The van der Waals surface area contributed by atoms with Crippen LogP contribution in [0, 0.1) is 11.8 Å². The Balaban J connectivity index is 1.77. The number of amides is 1. The minimum absolute atomic E-state index is 0.0220. The highest BCUT2D eigenvalue weighted by Gasteiger charge is 2.36. The Hall–Kier alpha value is 0.01000. The first-order valence-corrected chi connectivity index (χ1v) is 9.12. The number of hydrogen-bond donors (Lipinski definition) is 1. The van der Waals surface area contributed by atoms with Gasteiger partial charge in [0.1, 0.15) is 0 Å². The molecule has 1 aliphatic carbocycles. The molecule has 0 aromatic heterocycles. The molecule has 2 fully saturated rings. The van der Waals surface area contributed by atoms with Crippen molar-refractivity contribution >= 4 is 29.1 Å². The number of alkyl halides is 2. The second-order valence-corrected chi connectivity index (χ2v) is 7.76. The molecule has 0 radical (unpaired) electrons. The third-order valence-corrected chi connectivity index (χ3v) is 6.09. The third-order valence-electron chi connectivity index (χ3n) is 5.00. The number of carbonyl (C=O) groups is 1. The molecule has 122 valence electrons. The highest BCUT2D eigenvalue weighted by atomic mass is 35.5. The molecular formula is C16H27Cl2NO2. The molecule has 1 heterocycles. The SMILES string of the molecule is CCCC(=O)N1CCC(CC2CC(Cl)C(Cl)CC2O)CC1. The lowest BCUT2D eigenvalue weighted by molar-refractivity contribution is -0.132. The average Bonchev–Trinajstić information content (AvgIpc) is 2.46. The second-order valence-electron chi connectivity index (χ2n) is 6.64. The normalized spacial score (nSPS) is 35.0. The van der Waals surface area contributed by atoms with Crippen LogP contribution >= 0.6 is 23.2 Å². The zero-order valence-corrected chi connectivity index (χ0v) is 14.3. The van der Waals surface area contributed by atoms with Crippen LogP contribution in [0.25, 0.3) is 0 Å². The fraction of sp³-hybridized carbons (Fsp3) is 0.938. The zero-order chi connectivity index (χ0) is 15.4. The Morgan fingerprint density at radius 1 is 1.19 bits per heavy atom. The molecule has 1 saturated carbocycles. The number of piperidine rings is 1. The van der Waals surface area contributed by atoms with E-state index in [2.05, 4.69) is 0 Å². The van der Waals surface area contributed by atoms with Crippen LogP contribution in [-0.2, 0) is 4.79 Å². The van der Waals surface area contributed by atoms with Gasteiger partial charge in [0.05, 0.1) is 16.9 Å². The number of rotatable bonds is 4. The smallest absolute Gasteiger partial charge is 0.222 e. The van der Waals surface area contributed by atoms with E-state index in [0.29, 0.717) is 24.7 Å². The van der Waals surface area contributed by atoms with Crippen LogP contribution in [0.15, 0.2) is 0 Å². The van der Waals surface area contributed by atoms with Crippen LogP contribution in [0.2, 0.25) is 0 Å². The van der Waals surface area contributed by atoms with E-state index in [1.165, 1.54) is 0 Å². The molecule has 4 unspecified atom stereocenters. The number of likely N-dealkylation sites (tertiary alicyclic amines) is 1. The molecule has 0 spiro atoms. The van der Waals surface area contributed by atoms with Crippen LogP contribution in [0.5, 0.6) is 0 Å². The van der Waals surface area contributed by atoms with E-state index in [9.17, 15) is 9.90 Å². The lowest BCUT2D eigenvalue weighted by Crippen LogP contribution is -2.41. The van der Waals surface area contributed by atoms with Gasteiger partial charge in [-0.3, -0.25) is 4.79 Å². The van der Waals surface area contributed by atoms with Crippen molar-refractivity contribution in [3.63, 3.8) is 0 Å². The fourth-order valence-electron chi connectivity index (χ4n) is 3.64. The maximum absolute atomic E-state index is 11.9. The first kappa shape index (κ1) is 17.4. The first-order valence-electron chi connectivity index (χ1n) is 8.25. The van der Waals surface area contributed by atoms with Gasteiger partial charge in [0.15, 0.2) is 0 Å². The number of halogens is 2. The molecule has 3 nitrogen and oxygen atoms in total. The molecule has 1 N–H and O–H groups in total. The lowest BCUT2D eigenvalue weighted by Gasteiger charge is -2.38. The minimum Gasteiger partial charge on any atom is -0.393 e. The van der Waals surface area contributed by atoms with E-state index in [4.69, 9.17) is 23.2 Å². The fourth-order valence-corrected chi connectivity index (χ4v) is 4.25. The summed E-state index contributed by atoms with van der Waals surface area (Å²) in [4.78, 5) is 13.9. The molecule has 0 aromatic carbocycles. The van der Waals surface area contributed by atoms with Crippen molar-refractivity contribution in [3.8, 4) is 0 Å². The average molecular weight is 336 g/mol. The molecule has 0 bridgehead atoms. The number of aliphatic hydroxyl groups excluding tert-OH is 1. The van der Waals surface area contributed by atoms with E-state index >= 15 is 0 Å². The molecule has 1 amide bonds. The molecule has 5 heteroatoms. The first-order chi connectivity index (χ1) is 10.0. The predicted octanol–water partition coefficient (Wildman–Crippen LogP) is 3.40. The molecule has 1 aliphatic heterocycles. The van der Waals surface area contributed by atoms with Crippen molar-refractivity contribution in [2.45, 2.75) is 68.7 Å². The number of nitrogens with zero attached hydrogens (tertiary/aromatic N) is 1. The van der Waals surface area contributed by atoms with Crippen molar-refractivity contribution in [1.29, 1.82) is 0 Å². The van der Waals surface area contributed by atoms with Crippen LogP contribution < -0.4 is 0 Å². The van der Waals surface area contributed by atoms with Gasteiger partial charge < -0.3 is 10.0 Å². The molecule has 4 atom stereocenters. The van der Waals surface area contributed by atoms with Gasteiger partial charge in [-0.15, -0.1) is 23.2 Å². The van der Waals surface area contributed by atoms with Crippen molar-refractivity contribution in [3.05, 3.63) is 0 Å². The highest BCUT2D eigenvalue weighted by Crippen LogP contribution is 2.37. The number of hydrogen-bond acceptors (Lipinski definition) is 2. The highest BCUT2D eigenvalue weighted by molar-refractivity contribution is 6.30. The summed E-state index contributed by atoms with van der Waals surface area (Å²) in [5, 5.41) is 10.1. The van der Waals surface area contributed by atoms with Crippen LogP contribution in [0.4, 0.5) is 0 Å². The Bertz CT molecular complexity index is 345. The van der Waals surface area contributed by atoms with Gasteiger partial charge in [0.2, 0.25) is 5.91 Å². The van der Waals surface area contributed by atoms with Crippen LogP contribution in [0.1, 0.15) is 51.9 Å². The second kappa shape index (κ2) is 8.03. The summed E-state index contributed by atoms with van der Waals surface area (Å²) >= 11 is 12.4. The molecule has 2 aliphatic rings. The predicted molar refractivity (Wildman–Crippen MR) is 86.8 cm³/mol. The lowest BCUT2D eigenvalue weighted by atomic mass is 9.78. The van der Waals surface area contributed by atoms with Gasteiger partial charge in [-0.25, -0.2) is 0 Å². The minimum atomic E-state index is -0.317. The van der Waals surface area contributed by atoms with Gasteiger partial charge in [-0.05, 0) is 50.4 Å². The summed E-state index contributed by atoms with van der Waals surface area (Å²) < 4.78 is 0. The molecule has 2 rings (SSSR count). The summed E-state index contributed by atoms with van der Waals surface area (Å²) in [6.45, 7) is 3.78. The summed E-state index contributed by atoms with van der Waals surface area (Å²) in [5.41, 5.74) is 0. The van der Waals surface area contributed by atoms with Gasteiger partial charge in [0, 0.05) is 19.5 Å². The van der Waals surface area contributed by atoms with E-state index in [1.54, 1.807) is 0 Å². The topological polar surface area (TPSA) is 40.5 Å². The summed E-state index contributed by atoms with van der Waals surface area (Å²) in [7, 11) is 0. The van der Waals surface area contributed by atoms with E-state index in [-0.39, 0.29) is 22.8 Å².